The van der Waals surface area contributed by atoms with Crippen LogP contribution in [-0.4, -0.2) is 26.4 Å². The summed E-state index contributed by atoms with van der Waals surface area (Å²) in [6.45, 7) is 26.5. The fraction of sp³-hybridized carbons (Fsp3) is 0.743. The molecule has 4 fully saturated rings. The Morgan fingerprint density at radius 2 is 0.551 bits per heavy atom. The van der Waals surface area contributed by atoms with Crippen LogP contribution in [0.3, 0.4) is 0 Å². The van der Waals surface area contributed by atoms with Gasteiger partial charge in [-0.05, 0) is 159 Å². The molecule has 3 aromatic rings. The summed E-state index contributed by atoms with van der Waals surface area (Å²) < 4.78 is 57.9. The normalized spacial score (nSPS) is 31.2. The number of ether oxygens (including phenoxy) is 8. The topological polar surface area (TPSA) is 73.8 Å². The van der Waals surface area contributed by atoms with Gasteiger partial charge in [-0.25, -0.2) is 0 Å². The molecule has 12 atom stereocenters. The van der Waals surface area contributed by atoms with Crippen LogP contribution in [0, 0.1) is 23.7 Å². The molecule has 78 heavy (non-hydrogen) atoms. The van der Waals surface area contributed by atoms with Crippen LogP contribution in [-0.2, 0) is 54.2 Å². The molecule has 0 radical (unpaired) electrons. The lowest BCUT2D eigenvalue weighted by atomic mass is 9.52. The predicted octanol–water partition coefficient (Wildman–Crippen LogP) is 18.8. The maximum atomic E-state index is 8.03. The van der Waals surface area contributed by atoms with Crippen LogP contribution in [0.1, 0.15) is 303 Å². The monoisotopic (exact) mass is 1070 g/mol. The molecule has 8 heteroatoms. The van der Waals surface area contributed by atoms with Gasteiger partial charge in [0.1, 0.15) is 0 Å². The van der Waals surface area contributed by atoms with Gasteiger partial charge in [0.15, 0.2) is 23.0 Å². The Kier molecular flexibility index (Phi) is 17.1. The van der Waals surface area contributed by atoms with Crippen LogP contribution in [0.2, 0.25) is 0 Å². The van der Waals surface area contributed by atoms with E-state index in [0.717, 1.165) is 74.4 Å². The predicted molar refractivity (Wildman–Crippen MR) is 312 cm³/mol. The molecule has 8 aliphatic rings. The van der Waals surface area contributed by atoms with E-state index in [1.165, 1.54) is 171 Å². The Morgan fingerprint density at radius 1 is 0.321 bits per heavy atom. The summed E-state index contributed by atoms with van der Waals surface area (Å²) in [5, 5.41) is 0. The third kappa shape index (κ3) is 9.28. The highest BCUT2D eigenvalue weighted by atomic mass is 16.6. The molecule has 0 aromatic heterocycles. The van der Waals surface area contributed by atoms with Crippen molar-refractivity contribution in [3.63, 3.8) is 0 Å². The van der Waals surface area contributed by atoms with E-state index in [9.17, 15) is 0 Å². The van der Waals surface area contributed by atoms with Crippen LogP contribution >= 0.6 is 0 Å². The van der Waals surface area contributed by atoms with Crippen molar-refractivity contribution in [3.05, 3.63) is 79.9 Å². The summed E-state index contributed by atoms with van der Waals surface area (Å²) in [7, 11) is 0. The van der Waals surface area contributed by atoms with Crippen molar-refractivity contribution in [2.24, 2.45) is 23.7 Å². The minimum absolute atomic E-state index is 0.0841. The first kappa shape index (κ1) is 56.6. The molecule has 8 aliphatic heterocycles. The first-order valence-corrected chi connectivity index (χ1v) is 32.8. The summed E-state index contributed by atoms with van der Waals surface area (Å²) in [6, 6.07) is 9.32. The van der Waals surface area contributed by atoms with Gasteiger partial charge in [-0.3, -0.25) is 0 Å². The standard InChI is InChI=1S/C70H102O8/c1-11-17-23-29-35-45-55-57(69(9)61-59(67(55,7)77-69)63-47-41-51(71-37-31-25-19-13-3)53(43-49(47)65(61)75-63)73-39-33-27-21-15-5)46(36-30-24-18-12-2)58-56(45)68(8)60-62(70(58,10)78-68)66-50-44-54(74-40-34-28-22-16-6)52(42-48(50)64(60)76-66)72-38-32-26-20-14-4/h41-44,59-66H,11-40H2,1-10H3/t59-,60-,61+,62+,63+,64+,65-,66-,67-,68-,69+,70+. The van der Waals surface area contributed by atoms with E-state index in [1.54, 1.807) is 0 Å². The molecular weight excluding hydrogens is 969 g/mol. The maximum Gasteiger partial charge on any atom is 0.161 e. The van der Waals surface area contributed by atoms with Crippen LogP contribution < -0.4 is 18.9 Å². The summed E-state index contributed by atoms with van der Waals surface area (Å²) in [4.78, 5) is 0. The maximum absolute atomic E-state index is 8.03. The van der Waals surface area contributed by atoms with E-state index in [4.69, 9.17) is 37.9 Å². The molecule has 0 unspecified atom stereocenters. The smallest absolute Gasteiger partial charge is 0.161 e. The Morgan fingerprint density at radius 3 is 0.782 bits per heavy atom. The van der Waals surface area contributed by atoms with Crippen LogP contribution in [0.5, 0.6) is 23.0 Å². The molecule has 0 N–H and O–H groups in total. The summed E-state index contributed by atoms with van der Waals surface area (Å²) >= 11 is 0. The summed E-state index contributed by atoms with van der Waals surface area (Å²) in [5.74, 6) is 4.21. The molecule has 4 saturated heterocycles. The number of unbranched alkanes of at least 4 members (excludes halogenated alkanes) is 18. The van der Waals surface area contributed by atoms with Gasteiger partial charge < -0.3 is 37.9 Å². The Hall–Kier alpha value is -3.30. The van der Waals surface area contributed by atoms with Crippen LogP contribution in [0.4, 0.5) is 0 Å². The van der Waals surface area contributed by atoms with Crippen LogP contribution in [0.25, 0.3) is 0 Å². The third-order valence-corrected chi connectivity index (χ3v) is 20.9. The molecule has 0 amide bonds. The van der Waals surface area contributed by atoms with Crippen molar-refractivity contribution >= 4 is 0 Å². The fourth-order valence-corrected chi connectivity index (χ4v) is 17.5. The zero-order valence-corrected chi connectivity index (χ0v) is 50.4. The van der Waals surface area contributed by atoms with E-state index >= 15 is 0 Å². The number of rotatable bonds is 34. The molecule has 3 aromatic carbocycles. The summed E-state index contributed by atoms with van der Waals surface area (Å²) in [6.07, 6.45) is 30.1. The van der Waals surface area contributed by atoms with Crippen molar-refractivity contribution in [2.75, 3.05) is 26.4 Å². The largest absolute Gasteiger partial charge is 0.490 e. The average molecular weight is 1070 g/mol. The van der Waals surface area contributed by atoms with E-state index in [1.807, 2.05) is 0 Å². The molecule has 11 rings (SSSR count). The molecule has 8 heterocycles. The number of fused-ring (bicyclic) bond motifs is 30. The second-order valence-corrected chi connectivity index (χ2v) is 26.3. The lowest BCUT2D eigenvalue weighted by Crippen LogP contribution is -2.45. The highest BCUT2D eigenvalue weighted by molar-refractivity contribution is 5.69. The van der Waals surface area contributed by atoms with Gasteiger partial charge >= 0.3 is 0 Å². The second kappa shape index (κ2) is 23.5. The lowest BCUT2D eigenvalue weighted by Gasteiger charge is -2.46. The van der Waals surface area contributed by atoms with Crippen molar-refractivity contribution < 1.29 is 37.9 Å². The molecular formula is C70H102O8. The van der Waals surface area contributed by atoms with Gasteiger partial charge in [0.25, 0.3) is 0 Å². The number of hydrogen-bond acceptors (Lipinski definition) is 8. The highest BCUT2D eigenvalue weighted by Gasteiger charge is 2.80. The summed E-state index contributed by atoms with van der Waals surface area (Å²) in [5.41, 5.74) is 12.0. The average Bonchev–Trinajstić information content (AvgIpc) is 4.00. The van der Waals surface area contributed by atoms with Gasteiger partial charge in [-0.1, -0.05) is 157 Å². The number of hydrogen-bond donors (Lipinski definition) is 0. The van der Waals surface area contributed by atoms with E-state index < -0.39 is 22.4 Å². The minimum atomic E-state index is -0.540. The zero-order chi connectivity index (χ0) is 54.4. The molecule has 8 nitrogen and oxygen atoms in total. The van der Waals surface area contributed by atoms with Crippen molar-refractivity contribution in [2.45, 2.75) is 283 Å². The van der Waals surface area contributed by atoms with Gasteiger partial charge in [-0.15, -0.1) is 0 Å². The fourth-order valence-electron chi connectivity index (χ4n) is 17.5. The van der Waals surface area contributed by atoms with Gasteiger partial charge in [-0.2, -0.15) is 0 Å². The molecule has 0 aliphatic carbocycles. The highest BCUT2D eigenvalue weighted by Crippen LogP contribution is 2.82. The Balaban J connectivity index is 1.01. The Bertz CT molecular complexity index is 2260. The van der Waals surface area contributed by atoms with Crippen molar-refractivity contribution in [1.29, 1.82) is 0 Å². The Labute approximate surface area is 471 Å². The van der Waals surface area contributed by atoms with Gasteiger partial charge in [0.05, 0.1) is 73.2 Å². The van der Waals surface area contributed by atoms with Gasteiger partial charge in [0.2, 0.25) is 0 Å². The van der Waals surface area contributed by atoms with E-state index in [2.05, 4.69) is 93.5 Å². The second-order valence-electron chi connectivity index (χ2n) is 26.3. The van der Waals surface area contributed by atoms with Crippen molar-refractivity contribution in [3.8, 4) is 23.0 Å². The lowest BCUT2D eigenvalue weighted by molar-refractivity contribution is -0.126. The van der Waals surface area contributed by atoms with Crippen molar-refractivity contribution in [1.82, 2.24) is 0 Å². The first-order chi connectivity index (χ1) is 38.0. The molecule has 8 bridgehead atoms. The van der Waals surface area contributed by atoms with Crippen LogP contribution in [0.15, 0.2) is 24.3 Å². The molecule has 0 saturated carbocycles. The SMILES string of the molecule is CCCCCCOc1cc2c(cc1OCCCCCC)[C@@H]1O[C@H]2[C@@H]2[C@H]1[C@]1(C)O[C@@]2(C)c2c(CCCCCC)c3c(c(CCCCCC)c21)[C@@]1(C)O[C@]3(C)[C@H]2[C@@H]1[C@H]1O[C@@H]2c2cc(OCCCCCC)c(OCCCCCC)cc21. The minimum Gasteiger partial charge on any atom is -0.490 e. The quantitative estimate of drug-likeness (QED) is 0.0548. The van der Waals surface area contributed by atoms with Gasteiger partial charge in [0, 0.05) is 23.7 Å². The number of benzene rings is 3. The zero-order valence-electron chi connectivity index (χ0n) is 50.4. The van der Waals surface area contributed by atoms with E-state index in [-0.39, 0.29) is 48.1 Å². The van der Waals surface area contributed by atoms with E-state index in [0.29, 0.717) is 26.4 Å². The first-order valence-electron chi connectivity index (χ1n) is 32.8. The molecule has 430 valence electrons. The molecule has 0 spiro atoms. The third-order valence-electron chi connectivity index (χ3n) is 20.9.